The Balaban J connectivity index is 1.98. The molecule has 1 saturated carbocycles. The Morgan fingerprint density at radius 1 is 0.737 bits per heavy atom. The van der Waals surface area contributed by atoms with E-state index in [1.807, 2.05) is 32.9 Å². The summed E-state index contributed by atoms with van der Waals surface area (Å²) >= 11 is 0. The van der Waals surface area contributed by atoms with E-state index in [0.717, 1.165) is 11.7 Å². The zero-order valence-corrected chi connectivity index (χ0v) is 24.9. The summed E-state index contributed by atoms with van der Waals surface area (Å²) in [6.07, 6.45) is 10.4. The van der Waals surface area contributed by atoms with E-state index >= 15 is 0 Å². The van der Waals surface area contributed by atoms with Gasteiger partial charge in [0.05, 0.1) is 12.7 Å². The standard InChI is InChI=1S/C30H48O7Si/c1-5-10-24-14-16-25(17-15-24)26-18-20-27(21-19-26)34-22-9-23-38(35-28(31)11-6-2,36-29(32)12-7-3)37-30(33)13-8-4/h18-21,24-25H,5-17,22-23H2,1-4H3. The van der Waals surface area contributed by atoms with E-state index in [2.05, 4.69) is 19.1 Å². The first-order valence-electron chi connectivity index (χ1n) is 14.7. The third-order valence-corrected chi connectivity index (χ3v) is 9.54. The zero-order chi connectivity index (χ0) is 27.8. The van der Waals surface area contributed by atoms with E-state index in [0.29, 0.717) is 38.2 Å². The fourth-order valence-electron chi connectivity index (χ4n) is 5.01. The van der Waals surface area contributed by atoms with Crippen molar-refractivity contribution < 1.29 is 32.4 Å². The first kappa shape index (κ1) is 31.9. The number of hydrogen-bond acceptors (Lipinski definition) is 7. The van der Waals surface area contributed by atoms with Crippen molar-refractivity contribution in [3.63, 3.8) is 0 Å². The molecule has 38 heavy (non-hydrogen) atoms. The van der Waals surface area contributed by atoms with Crippen molar-refractivity contribution >= 4 is 26.7 Å². The van der Waals surface area contributed by atoms with Crippen LogP contribution in [-0.4, -0.2) is 33.3 Å². The molecule has 0 saturated heterocycles. The second-order valence-corrected chi connectivity index (χ2v) is 12.9. The average molecular weight is 549 g/mol. The normalized spacial score (nSPS) is 17.5. The van der Waals surface area contributed by atoms with Crippen LogP contribution in [0.2, 0.25) is 6.04 Å². The monoisotopic (exact) mass is 548 g/mol. The second-order valence-electron chi connectivity index (χ2n) is 10.4. The zero-order valence-electron chi connectivity index (χ0n) is 23.9. The predicted octanol–water partition coefficient (Wildman–Crippen LogP) is 7.50. The molecular weight excluding hydrogens is 500 g/mol. The average Bonchev–Trinajstić information content (AvgIpc) is 2.88. The number of carbonyl (C=O) groups is 3. The molecule has 7 nitrogen and oxygen atoms in total. The van der Waals surface area contributed by atoms with Gasteiger partial charge in [0, 0.05) is 19.3 Å². The van der Waals surface area contributed by atoms with Gasteiger partial charge in [-0.1, -0.05) is 52.7 Å². The summed E-state index contributed by atoms with van der Waals surface area (Å²) < 4.78 is 22.8. The van der Waals surface area contributed by atoms with Gasteiger partial charge in [0.25, 0.3) is 17.9 Å². The third kappa shape index (κ3) is 11.2. The number of benzene rings is 1. The van der Waals surface area contributed by atoms with Crippen molar-refractivity contribution in [1.29, 1.82) is 0 Å². The fourth-order valence-corrected chi connectivity index (χ4v) is 7.36. The lowest BCUT2D eigenvalue weighted by molar-refractivity contribution is -0.150. The Hall–Kier alpha value is -2.35. The second kappa shape index (κ2) is 17.3. The molecule has 0 unspecified atom stereocenters. The maximum absolute atomic E-state index is 12.4. The lowest BCUT2D eigenvalue weighted by Gasteiger charge is -2.28. The molecule has 8 heteroatoms. The Morgan fingerprint density at radius 3 is 1.68 bits per heavy atom. The molecule has 0 N–H and O–H groups in total. The summed E-state index contributed by atoms with van der Waals surface area (Å²) in [5.41, 5.74) is 1.37. The van der Waals surface area contributed by atoms with Gasteiger partial charge in [0.2, 0.25) is 0 Å². The lowest BCUT2D eigenvalue weighted by atomic mass is 9.77. The van der Waals surface area contributed by atoms with Gasteiger partial charge in [0.1, 0.15) is 5.75 Å². The van der Waals surface area contributed by atoms with Gasteiger partial charge in [-0.15, -0.1) is 0 Å². The summed E-state index contributed by atoms with van der Waals surface area (Å²) in [6.45, 7) is 8.15. The van der Waals surface area contributed by atoms with Crippen LogP contribution in [0.4, 0.5) is 0 Å². The Bertz CT molecular complexity index is 796. The van der Waals surface area contributed by atoms with Crippen LogP contribution in [0.15, 0.2) is 24.3 Å². The molecule has 1 fully saturated rings. The SMILES string of the molecule is CCCC(=O)O[Si](CCCOc1ccc(C2CCC(CCC)CC2)cc1)(OC(=O)CCC)OC(=O)CCC. The summed E-state index contributed by atoms with van der Waals surface area (Å²) in [5.74, 6) is 0.707. The van der Waals surface area contributed by atoms with Crippen LogP contribution >= 0.6 is 0 Å². The highest BCUT2D eigenvalue weighted by molar-refractivity contribution is 6.65. The van der Waals surface area contributed by atoms with E-state index in [-0.39, 0.29) is 25.3 Å². The van der Waals surface area contributed by atoms with E-state index < -0.39 is 26.7 Å². The molecule has 0 radical (unpaired) electrons. The van der Waals surface area contributed by atoms with Crippen LogP contribution < -0.4 is 4.74 Å². The lowest BCUT2D eigenvalue weighted by Crippen LogP contribution is -2.50. The van der Waals surface area contributed by atoms with Gasteiger partial charge >= 0.3 is 8.80 Å². The van der Waals surface area contributed by atoms with Gasteiger partial charge in [-0.3, -0.25) is 14.4 Å². The molecule has 1 aliphatic carbocycles. The minimum absolute atomic E-state index is 0.131. The van der Waals surface area contributed by atoms with Gasteiger partial charge < -0.3 is 18.0 Å². The largest absolute Gasteiger partial charge is 0.705 e. The van der Waals surface area contributed by atoms with Gasteiger partial charge in [-0.05, 0) is 80.9 Å². The summed E-state index contributed by atoms with van der Waals surface area (Å²) in [5, 5.41) is 0. The summed E-state index contributed by atoms with van der Waals surface area (Å²) in [4.78, 5) is 37.2. The molecule has 1 aromatic rings. The van der Waals surface area contributed by atoms with Crippen molar-refractivity contribution in [3.8, 4) is 5.75 Å². The van der Waals surface area contributed by atoms with Crippen molar-refractivity contribution in [2.24, 2.45) is 5.92 Å². The quantitative estimate of drug-likeness (QED) is 0.147. The molecule has 2 rings (SSSR count). The molecule has 0 amide bonds. The molecule has 0 heterocycles. The van der Waals surface area contributed by atoms with E-state index in [1.165, 1.54) is 44.1 Å². The van der Waals surface area contributed by atoms with Crippen LogP contribution in [-0.2, 0) is 27.7 Å². The van der Waals surface area contributed by atoms with Gasteiger partial charge in [-0.25, -0.2) is 0 Å². The van der Waals surface area contributed by atoms with Crippen molar-refractivity contribution in [3.05, 3.63) is 29.8 Å². The first-order chi connectivity index (χ1) is 18.3. The molecule has 0 aliphatic heterocycles. The van der Waals surface area contributed by atoms with E-state index in [9.17, 15) is 14.4 Å². The molecule has 214 valence electrons. The Kier molecular flexibility index (Phi) is 14.5. The van der Waals surface area contributed by atoms with Crippen LogP contribution in [0.3, 0.4) is 0 Å². The van der Waals surface area contributed by atoms with Crippen LogP contribution in [0.1, 0.15) is 123 Å². The highest BCUT2D eigenvalue weighted by Crippen LogP contribution is 2.37. The maximum Gasteiger partial charge on any atom is 0.705 e. The number of hydrogen-bond donors (Lipinski definition) is 0. The highest BCUT2D eigenvalue weighted by atomic mass is 28.4. The first-order valence-corrected chi connectivity index (χ1v) is 16.7. The van der Waals surface area contributed by atoms with Gasteiger partial charge in [-0.2, -0.15) is 0 Å². The number of carbonyl (C=O) groups excluding carboxylic acids is 3. The smallest absolute Gasteiger partial charge is 0.494 e. The highest BCUT2D eigenvalue weighted by Gasteiger charge is 2.52. The van der Waals surface area contributed by atoms with Crippen molar-refractivity contribution in [1.82, 2.24) is 0 Å². The van der Waals surface area contributed by atoms with E-state index in [4.69, 9.17) is 18.0 Å². The molecule has 1 aromatic carbocycles. The molecule has 1 aliphatic rings. The van der Waals surface area contributed by atoms with Crippen molar-refractivity contribution in [2.45, 2.75) is 123 Å². The molecular formula is C30H48O7Si. The molecule has 0 spiro atoms. The Labute approximate surface area is 230 Å². The number of rotatable bonds is 17. The minimum atomic E-state index is -3.91. The van der Waals surface area contributed by atoms with Crippen molar-refractivity contribution in [2.75, 3.05) is 6.61 Å². The van der Waals surface area contributed by atoms with Crippen LogP contribution in [0, 0.1) is 5.92 Å². The summed E-state index contributed by atoms with van der Waals surface area (Å²) in [6, 6.07) is 8.45. The molecule has 0 aromatic heterocycles. The van der Waals surface area contributed by atoms with Crippen LogP contribution in [0.5, 0.6) is 5.75 Å². The maximum atomic E-state index is 12.4. The van der Waals surface area contributed by atoms with E-state index in [1.54, 1.807) is 0 Å². The van der Waals surface area contributed by atoms with Crippen LogP contribution in [0.25, 0.3) is 0 Å². The topological polar surface area (TPSA) is 88.1 Å². The third-order valence-electron chi connectivity index (χ3n) is 6.96. The van der Waals surface area contributed by atoms with Gasteiger partial charge in [0.15, 0.2) is 0 Å². The molecule has 0 bridgehead atoms. The fraction of sp³-hybridized carbons (Fsp3) is 0.700. The number of ether oxygens (including phenoxy) is 1. The minimum Gasteiger partial charge on any atom is -0.494 e. The predicted molar refractivity (Wildman–Crippen MR) is 150 cm³/mol. The summed E-state index contributed by atoms with van der Waals surface area (Å²) in [7, 11) is -3.91. The molecule has 0 atom stereocenters. The Morgan fingerprint density at radius 2 is 1.24 bits per heavy atom.